The number of carbonyl (C=O) groups is 1. The van der Waals surface area contributed by atoms with Crippen molar-refractivity contribution in [2.45, 2.75) is 26.3 Å². The van der Waals surface area contributed by atoms with Gasteiger partial charge in [0, 0.05) is 18.0 Å². The van der Waals surface area contributed by atoms with Crippen molar-refractivity contribution < 1.29 is 13.6 Å². The third-order valence-corrected chi connectivity index (χ3v) is 3.84. The van der Waals surface area contributed by atoms with Crippen LogP contribution in [0.3, 0.4) is 0 Å². The second-order valence-electron chi connectivity index (χ2n) is 5.39. The zero-order valence-corrected chi connectivity index (χ0v) is 12.9. The van der Waals surface area contributed by atoms with Gasteiger partial charge in [-0.05, 0) is 67.4 Å². The van der Waals surface area contributed by atoms with Crippen molar-refractivity contribution in [3.05, 3.63) is 58.7 Å². The van der Waals surface area contributed by atoms with Crippen LogP contribution < -0.4 is 5.32 Å². The van der Waals surface area contributed by atoms with E-state index in [2.05, 4.69) is 5.32 Å². The fraction of sp³-hybridized carbons (Fsp3) is 0.278. The third-order valence-electron chi connectivity index (χ3n) is 3.84. The fourth-order valence-electron chi connectivity index (χ4n) is 2.83. The van der Waals surface area contributed by atoms with Crippen LogP contribution in [0.1, 0.15) is 29.2 Å². The predicted molar refractivity (Wildman–Crippen MR) is 83.7 cm³/mol. The van der Waals surface area contributed by atoms with Crippen molar-refractivity contribution in [1.82, 2.24) is 5.32 Å². The van der Waals surface area contributed by atoms with Gasteiger partial charge in [-0.1, -0.05) is 6.07 Å². The van der Waals surface area contributed by atoms with E-state index in [4.69, 9.17) is 0 Å². The van der Waals surface area contributed by atoms with Gasteiger partial charge in [-0.15, -0.1) is 0 Å². The molecule has 0 amide bonds. The molecule has 116 valence electrons. The first-order valence-electron chi connectivity index (χ1n) is 7.15. The molecule has 0 aliphatic rings. The molecule has 1 atom stereocenters. The van der Waals surface area contributed by atoms with Crippen LogP contribution in [0.25, 0.3) is 11.1 Å². The molecule has 2 aromatic rings. The van der Waals surface area contributed by atoms with Crippen molar-refractivity contribution in [3.8, 4) is 11.1 Å². The normalized spacial score (nSPS) is 12.2. The van der Waals surface area contributed by atoms with E-state index in [9.17, 15) is 13.6 Å². The average molecular weight is 303 g/mol. The van der Waals surface area contributed by atoms with Crippen LogP contribution in [-0.2, 0) is 4.79 Å². The number of halogens is 2. The van der Waals surface area contributed by atoms with Crippen molar-refractivity contribution in [1.29, 1.82) is 0 Å². The standard InChI is InChI=1S/C18H19F2NO/c1-11-8-14(19)9-12(2)18(11)13-4-5-16(20)15(10-13)17(21-3)6-7-22/h4-5,7-10,17,21H,6H2,1-3H3. The first-order chi connectivity index (χ1) is 10.5. The molecule has 2 rings (SSSR count). The lowest BCUT2D eigenvalue weighted by Gasteiger charge is -2.17. The number of aryl methyl sites for hydroxylation is 2. The zero-order valence-electron chi connectivity index (χ0n) is 12.9. The van der Waals surface area contributed by atoms with Crippen LogP contribution in [0.4, 0.5) is 8.78 Å². The summed E-state index contributed by atoms with van der Waals surface area (Å²) >= 11 is 0. The Hall–Kier alpha value is -2.07. The zero-order chi connectivity index (χ0) is 16.3. The maximum Gasteiger partial charge on any atom is 0.128 e. The molecule has 0 aliphatic carbocycles. The Balaban J connectivity index is 2.57. The quantitative estimate of drug-likeness (QED) is 0.843. The molecule has 1 N–H and O–H groups in total. The smallest absolute Gasteiger partial charge is 0.128 e. The maximum absolute atomic E-state index is 14.1. The Morgan fingerprint density at radius 2 is 1.77 bits per heavy atom. The molecule has 0 heterocycles. The van der Waals surface area contributed by atoms with Crippen LogP contribution in [-0.4, -0.2) is 13.3 Å². The Morgan fingerprint density at radius 3 is 2.32 bits per heavy atom. The number of hydrogen-bond acceptors (Lipinski definition) is 2. The molecular weight excluding hydrogens is 284 g/mol. The van der Waals surface area contributed by atoms with Gasteiger partial charge in [-0.3, -0.25) is 0 Å². The summed E-state index contributed by atoms with van der Waals surface area (Å²) in [6.45, 7) is 3.66. The molecule has 0 aliphatic heterocycles. The topological polar surface area (TPSA) is 29.1 Å². The Morgan fingerprint density at radius 1 is 1.14 bits per heavy atom. The molecule has 0 fully saturated rings. The lowest BCUT2D eigenvalue weighted by atomic mass is 9.92. The highest BCUT2D eigenvalue weighted by atomic mass is 19.1. The summed E-state index contributed by atoms with van der Waals surface area (Å²) in [4.78, 5) is 10.8. The Bertz CT molecular complexity index is 674. The molecule has 0 saturated carbocycles. The highest BCUT2D eigenvalue weighted by Gasteiger charge is 2.16. The van der Waals surface area contributed by atoms with Crippen LogP contribution in [0.15, 0.2) is 30.3 Å². The molecule has 22 heavy (non-hydrogen) atoms. The molecule has 2 nitrogen and oxygen atoms in total. The van der Waals surface area contributed by atoms with Crippen molar-refractivity contribution in [2.24, 2.45) is 0 Å². The summed E-state index contributed by atoms with van der Waals surface area (Å²) in [5, 5.41) is 2.95. The summed E-state index contributed by atoms with van der Waals surface area (Å²) in [5.74, 6) is -0.641. The largest absolute Gasteiger partial charge is 0.313 e. The van der Waals surface area contributed by atoms with Crippen molar-refractivity contribution in [3.63, 3.8) is 0 Å². The highest BCUT2D eigenvalue weighted by Crippen LogP contribution is 2.31. The van der Waals surface area contributed by atoms with Gasteiger partial charge in [-0.25, -0.2) is 8.78 Å². The van der Waals surface area contributed by atoms with Gasteiger partial charge < -0.3 is 10.1 Å². The van der Waals surface area contributed by atoms with Gasteiger partial charge in [0.25, 0.3) is 0 Å². The van der Waals surface area contributed by atoms with E-state index in [1.54, 1.807) is 19.2 Å². The summed E-state index contributed by atoms with van der Waals surface area (Å²) < 4.78 is 27.5. The third kappa shape index (κ3) is 3.22. The van der Waals surface area contributed by atoms with Crippen molar-refractivity contribution >= 4 is 6.29 Å². The maximum atomic E-state index is 14.1. The molecule has 0 saturated heterocycles. The number of nitrogens with one attached hydrogen (secondary N) is 1. The lowest BCUT2D eigenvalue weighted by Crippen LogP contribution is -2.18. The number of aldehydes is 1. The minimum atomic E-state index is -0.376. The van der Waals surface area contributed by atoms with E-state index in [1.165, 1.54) is 18.2 Å². The van der Waals surface area contributed by atoms with Gasteiger partial charge in [0.2, 0.25) is 0 Å². The van der Waals surface area contributed by atoms with E-state index in [1.807, 2.05) is 13.8 Å². The van der Waals surface area contributed by atoms with Gasteiger partial charge >= 0.3 is 0 Å². The molecule has 0 spiro atoms. The van der Waals surface area contributed by atoms with Crippen molar-refractivity contribution in [2.75, 3.05) is 7.05 Å². The molecule has 0 bridgehead atoms. The fourth-order valence-corrected chi connectivity index (χ4v) is 2.83. The Labute approximate surface area is 129 Å². The number of carbonyl (C=O) groups excluding carboxylic acids is 1. The number of rotatable bonds is 5. The second-order valence-corrected chi connectivity index (χ2v) is 5.39. The van der Waals surface area contributed by atoms with Gasteiger partial charge in [0.15, 0.2) is 0 Å². The highest BCUT2D eigenvalue weighted by molar-refractivity contribution is 5.71. The Kier molecular flexibility index (Phi) is 5.03. The van der Waals surface area contributed by atoms with Crippen LogP contribution in [0.5, 0.6) is 0 Å². The summed E-state index contributed by atoms with van der Waals surface area (Å²) in [5.41, 5.74) is 3.74. The summed E-state index contributed by atoms with van der Waals surface area (Å²) in [7, 11) is 1.69. The molecule has 1 unspecified atom stereocenters. The van der Waals surface area contributed by atoms with Crippen LogP contribution in [0.2, 0.25) is 0 Å². The number of hydrogen-bond donors (Lipinski definition) is 1. The molecule has 4 heteroatoms. The summed E-state index contributed by atoms with van der Waals surface area (Å²) in [6.07, 6.45) is 0.958. The van der Waals surface area contributed by atoms with E-state index in [0.29, 0.717) is 5.56 Å². The summed E-state index contributed by atoms with van der Waals surface area (Å²) in [6, 6.07) is 7.35. The van der Waals surface area contributed by atoms with Gasteiger partial charge in [0.05, 0.1) is 0 Å². The van der Waals surface area contributed by atoms with Gasteiger partial charge in [0.1, 0.15) is 17.9 Å². The monoisotopic (exact) mass is 303 g/mol. The van der Waals surface area contributed by atoms with E-state index in [0.717, 1.165) is 28.5 Å². The minimum Gasteiger partial charge on any atom is -0.313 e. The van der Waals surface area contributed by atoms with E-state index >= 15 is 0 Å². The SMILES string of the molecule is CNC(CC=O)c1cc(-c2c(C)cc(F)cc2C)ccc1F. The second kappa shape index (κ2) is 6.79. The lowest BCUT2D eigenvalue weighted by molar-refractivity contribution is -0.108. The minimum absolute atomic E-state index is 0.193. The first-order valence-corrected chi connectivity index (χ1v) is 7.15. The van der Waals surface area contributed by atoms with E-state index in [-0.39, 0.29) is 24.1 Å². The molecule has 0 aromatic heterocycles. The predicted octanol–water partition coefficient (Wildman–Crippen LogP) is 4.10. The first kappa shape index (κ1) is 16.3. The number of benzene rings is 2. The molecule has 0 radical (unpaired) electrons. The molecular formula is C18H19F2NO. The van der Waals surface area contributed by atoms with Crippen LogP contribution in [0, 0.1) is 25.5 Å². The average Bonchev–Trinajstić information content (AvgIpc) is 2.45. The van der Waals surface area contributed by atoms with Gasteiger partial charge in [-0.2, -0.15) is 0 Å². The van der Waals surface area contributed by atoms with E-state index < -0.39 is 0 Å². The molecule has 2 aromatic carbocycles. The van der Waals surface area contributed by atoms with Crippen LogP contribution >= 0.6 is 0 Å².